The minimum absolute atomic E-state index is 0.316. The minimum atomic E-state index is -0.429. The van der Waals surface area contributed by atoms with Gasteiger partial charge in [0, 0.05) is 18.6 Å². The molecule has 1 aliphatic rings. The van der Waals surface area contributed by atoms with Crippen LogP contribution in [0.5, 0.6) is 0 Å². The second-order valence-corrected chi connectivity index (χ2v) is 6.87. The lowest BCUT2D eigenvalue weighted by atomic mass is 9.94. The van der Waals surface area contributed by atoms with Gasteiger partial charge in [0.25, 0.3) is 0 Å². The van der Waals surface area contributed by atoms with Crippen LogP contribution in [-0.4, -0.2) is 30.3 Å². The lowest BCUT2D eigenvalue weighted by Gasteiger charge is -2.29. The van der Waals surface area contributed by atoms with Gasteiger partial charge >= 0.3 is 6.09 Å². The molecule has 0 bridgehead atoms. The zero-order valence-corrected chi connectivity index (χ0v) is 13.6. The molecule has 1 atom stereocenters. The maximum absolute atomic E-state index is 11.7. The quantitative estimate of drug-likeness (QED) is 0.783. The van der Waals surface area contributed by atoms with Crippen LogP contribution in [0.15, 0.2) is 0 Å². The molecule has 0 radical (unpaired) electrons. The van der Waals surface area contributed by atoms with Gasteiger partial charge < -0.3 is 15.4 Å². The van der Waals surface area contributed by atoms with E-state index in [0.717, 1.165) is 12.8 Å². The largest absolute Gasteiger partial charge is 0.444 e. The normalized spacial score (nSPS) is 18.6. The Bertz CT molecular complexity index is 281. The molecule has 0 saturated heterocycles. The number of hydrogen-bond acceptors (Lipinski definition) is 3. The summed E-state index contributed by atoms with van der Waals surface area (Å²) in [7, 11) is 0. The highest BCUT2D eigenvalue weighted by molar-refractivity contribution is 5.67. The molecule has 0 aromatic rings. The van der Waals surface area contributed by atoms with Crippen LogP contribution in [0, 0.1) is 0 Å². The number of carbonyl (C=O) groups is 1. The van der Waals surface area contributed by atoms with Crippen LogP contribution in [-0.2, 0) is 4.74 Å². The van der Waals surface area contributed by atoms with Crippen LogP contribution in [0.4, 0.5) is 4.79 Å². The van der Waals surface area contributed by atoms with Crippen LogP contribution in [0.3, 0.4) is 0 Å². The summed E-state index contributed by atoms with van der Waals surface area (Å²) in [6.45, 7) is 8.49. The molecule has 0 spiro atoms. The maximum atomic E-state index is 11.7. The summed E-state index contributed by atoms with van der Waals surface area (Å²) in [6, 6.07) is 0.983. The molecule has 1 rings (SSSR count). The third-order valence-corrected chi connectivity index (χ3v) is 3.61. The molecule has 4 nitrogen and oxygen atoms in total. The summed E-state index contributed by atoms with van der Waals surface area (Å²) in [4.78, 5) is 11.7. The number of hydrogen-bond donors (Lipinski definition) is 2. The summed E-state index contributed by atoms with van der Waals surface area (Å²) < 4.78 is 5.28. The highest BCUT2D eigenvalue weighted by Crippen LogP contribution is 2.18. The first-order chi connectivity index (χ1) is 9.40. The average Bonchev–Trinajstić information content (AvgIpc) is 2.35. The molecular formula is C16H32N2O2. The van der Waals surface area contributed by atoms with Crippen molar-refractivity contribution in [2.75, 3.05) is 6.54 Å². The number of amides is 1. The Morgan fingerprint density at radius 3 is 2.45 bits per heavy atom. The topological polar surface area (TPSA) is 50.4 Å². The average molecular weight is 284 g/mol. The van der Waals surface area contributed by atoms with Gasteiger partial charge in [0.2, 0.25) is 0 Å². The van der Waals surface area contributed by atoms with Crippen molar-refractivity contribution >= 4 is 6.09 Å². The van der Waals surface area contributed by atoms with Gasteiger partial charge in [0.15, 0.2) is 0 Å². The van der Waals surface area contributed by atoms with Gasteiger partial charge in [-0.15, -0.1) is 0 Å². The molecule has 1 fully saturated rings. The van der Waals surface area contributed by atoms with Crippen LogP contribution >= 0.6 is 0 Å². The number of rotatable bonds is 6. The highest BCUT2D eigenvalue weighted by atomic mass is 16.6. The SMILES string of the molecule is CCCC(CNC(=O)OC(C)(C)C)NC1CCCCC1. The molecule has 1 aliphatic carbocycles. The summed E-state index contributed by atoms with van der Waals surface area (Å²) in [5, 5.41) is 6.59. The number of alkyl carbamates (subject to hydrolysis) is 1. The van der Waals surface area contributed by atoms with Crippen molar-refractivity contribution in [2.24, 2.45) is 0 Å². The molecular weight excluding hydrogens is 252 g/mol. The third kappa shape index (κ3) is 7.73. The molecule has 1 saturated carbocycles. The molecule has 20 heavy (non-hydrogen) atoms. The van der Waals surface area contributed by atoms with E-state index in [-0.39, 0.29) is 6.09 Å². The first-order valence-electron chi connectivity index (χ1n) is 8.13. The Kier molecular flexibility index (Phi) is 7.35. The summed E-state index contributed by atoms with van der Waals surface area (Å²) in [6.07, 6.45) is 8.47. The van der Waals surface area contributed by atoms with Crippen molar-refractivity contribution in [1.29, 1.82) is 0 Å². The molecule has 1 amide bonds. The smallest absolute Gasteiger partial charge is 0.407 e. The van der Waals surface area contributed by atoms with E-state index in [1.807, 2.05) is 20.8 Å². The van der Waals surface area contributed by atoms with Crippen LogP contribution in [0.2, 0.25) is 0 Å². The molecule has 0 aromatic heterocycles. The minimum Gasteiger partial charge on any atom is -0.444 e. The van der Waals surface area contributed by atoms with Gasteiger partial charge in [-0.2, -0.15) is 0 Å². The first-order valence-corrected chi connectivity index (χ1v) is 8.13. The van der Waals surface area contributed by atoms with E-state index in [1.54, 1.807) is 0 Å². The van der Waals surface area contributed by atoms with Crippen LogP contribution in [0.1, 0.15) is 72.6 Å². The molecule has 4 heteroatoms. The third-order valence-electron chi connectivity index (χ3n) is 3.61. The van der Waals surface area contributed by atoms with E-state index in [1.165, 1.54) is 32.1 Å². The van der Waals surface area contributed by atoms with Gasteiger partial charge in [-0.1, -0.05) is 32.6 Å². The molecule has 0 heterocycles. The fourth-order valence-electron chi connectivity index (χ4n) is 2.72. The Morgan fingerprint density at radius 2 is 1.90 bits per heavy atom. The first kappa shape index (κ1) is 17.3. The van der Waals surface area contributed by atoms with Crippen molar-refractivity contribution in [2.45, 2.75) is 90.3 Å². The van der Waals surface area contributed by atoms with Crippen LogP contribution in [0.25, 0.3) is 0 Å². The monoisotopic (exact) mass is 284 g/mol. The van der Waals surface area contributed by atoms with Gasteiger partial charge in [-0.05, 0) is 40.0 Å². The molecule has 118 valence electrons. The van der Waals surface area contributed by atoms with Crippen LogP contribution < -0.4 is 10.6 Å². The van der Waals surface area contributed by atoms with Crippen molar-refractivity contribution in [3.63, 3.8) is 0 Å². The highest BCUT2D eigenvalue weighted by Gasteiger charge is 2.20. The number of ether oxygens (including phenoxy) is 1. The molecule has 2 N–H and O–H groups in total. The Morgan fingerprint density at radius 1 is 1.25 bits per heavy atom. The van der Waals surface area contributed by atoms with Crippen molar-refractivity contribution in [3.8, 4) is 0 Å². The second kappa shape index (κ2) is 8.50. The second-order valence-electron chi connectivity index (χ2n) is 6.87. The van der Waals surface area contributed by atoms with Gasteiger partial charge in [-0.3, -0.25) is 0 Å². The Labute approximate surface area is 124 Å². The van der Waals surface area contributed by atoms with Crippen molar-refractivity contribution in [3.05, 3.63) is 0 Å². The summed E-state index contributed by atoms with van der Waals surface area (Å²) in [5.74, 6) is 0. The Balaban J connectivity index is 2.32. The zero-order chi connectivity index (χ0) is 15.0. The fraction of sp³-hybridized carbons (Fsp3) is 0.938. The molecule has 1 unspecified atom stereocenters. The van der Waals surface area contributed by atoms with E-state index >= 15 is 0 Å². The number of carbonyl (C=O) groups excluding carboxylic acids is 1. The van der Waals surface area contributed by atoms with Crippen molar-refractivity contribution in [1.82, 2.24) is 10.6 Å². The molecule has 0 aromatic carbocycles. The summed E-state index contributed by atoms with van der Waals surface area (Å²) >= 11 is 0. The lowest BCUT2D eigenvalue weighted by Crippen LogP contribution is -2.47. The predicted octanol–water partition coefficient (Wildman–Crippen LogP) is 3.60. The zero-order valence-electron chi connectivity index (χ0n) is 13.6. The number of nitrogens with one attached hydrogen (secondary N) is 2. The predicted molar refractivity (Wildman–Crippen MR) is 82.9 cm³/mol. The van der Waals surface area contributed by atoms with E-state index in [2.05, 4.69) is 17.6 Å². The standard InChI is InChI=1S/C16H32N2O2/c1-5-9-14(18-13-10-7-6-8-11-13)12-17-15(19)20-16(2,3)4/h13-14,18H,5-12H2,1-4H3,(H,17,19). The fourth-order valence-corrected chi connectivity index (χ4v) is 2.72. The maximum Gasteiger partial charge on any atom is 0.407 e. The Hall–Kier alpha value is -0.770. The van der Waals surface area contributed by atoms with E-state index in [4.69, 9.17) is 4.74 Å². The molecule has 0 aliphatic heterocycles. The van der Waals surface area contributed by atoms with Gasteiger partial charge in [-0.25, -0.2) is 4.79 Å². The van der Waals surface area contributed by atoms with E-state index < -0.39 is 5.60 Å². The van der Waals surface area contributed by atoms with E-state index in [0.29, 0.717) is 18.6 Å². The summed E-state index contributed by atoms with van der Waals surface area (Å²) in [5.41, 5.74) is -0.429. The van der Waals surface area contributed by atoms with Crippen molar-refractivity contribution < 1.29 is 9.53 Å². The van der Waals surface area contributed by atoms with Gasteiger partial charge in [0.05, 0.1) is 0 Å². The van der Waals surface area contributed by atoms with Gasteiger partial charge in [0.1, 0.15) is 5.60 Å². The van der Waals surface area contributed by atoms with E-state index in [9.17, 15) is 4.79 Å². The lowest BCUT2D eigenvalue weighted by molar-refractivity contribution is 0.0520.